The SMILES string of the molecule is C.CC.CC.CC.C[C@]12CCC3C(CC[C@@H]4C[C@@](O)(C#CC5CC5)CC[C@H]34)C1CC[C@@H]2C(=O)Cn1ccnn1.C[C@]12CCC3C(CC[C@@H]4C[C@@](O)(C#CCl)CC[C@H]34)C1CC[C@@H]2C(=O)Cn1ccnn1.C[C@]12CCC3C(CC[C@@H]4C[C@@](O)(C(F)F)CC[C@H]34)C1CC[C@@H]2C(=O)Cn1ccnn1. The second kappa shape index (κ2) is 32.3. The molecule has 13 aliphatic rings. The van der Waals surface area contributed by atoms with Gasteiger partial charge in [0.05, 0.1) is 18.6 Å². The van der Waals surface area contributed by atoms with Crippen molar-refractivity contribution in [1.29, 1.82) is 0 Å². The minimum atomic E-state index is -2.64. The Kier molecular flexibility index (Phi) is 25.2. The van der Waals surface area contributed by atoms with Gasteiger partial charge in [0.1, 0.15) is 36.4 Å². The van der Waals surface area contributed by atoms with Crippen molar-refractivity contribution in [2.45, 2.75) is 299 Å². The lowest BCUT2D eigenvalue weighted by Gasteiger charge is -2.57. The Morgan fingerprint density at radius 3 is 1.10 bits per heavy atom. The number of hydrogen-bond acceptors (Lipinski definition) is 12. The van der Waals surface area contributed by atoms with Crippen molar-refractivity contribution in [3.05, 3.63) is 37.2 Å². The minimum Gasteiger partial charge on any atom is -0.384 e. The summed E-state index contributed by atoms with van der Waals surface area (Å²) in [6.45, 7) is 20.2. The summed E-state index contributed by atoms with van der Waals surface area (Å²) in [5, 5.41) is 58.2. The first-order valence-corrected chi connectivity index (χ1v) is 39.8. The Morgan fingerprint density at radius 1 is 0.444 bits per heavy atom. The number of aromatic nitrogens is 9. The van der Waals surface area contributed by atoms with Crippen LogP contribution in [0, 0.1) is 152 Å². The van der Waals surface area contributed by atoms with E-state index in [0.29, 0.717) is 90.4 Å². The average molecular weight is 1390 g/mol. The molecule has 13 aliphatic carbocycles. The molecule has 13 saturated carbocycles. The van der Waals surface area contributed by atoms with Gasteiger partial charge in [-0.1, -0.05) is 103 Å². The van der Waals surface area contributed by atoms with Gasteiger partial charge < -0.3 is 15.3 Å². The fraction of sp³-hybridized carbons (Fsp3) is 0.840. The number of Topliss-reactive ketones (excluding diaryl/α,β-unsaturated/α-hetero) is 3. The molecule has 0 aromatic carbocycles. The maximum Gasteiger partial charge on any atom is 0.266 e. The third-order valence-corrected chi connectivity index (χ3v) is 29.5. The number of alkyl halides is 2. The highest BCUT2D eigenvalue weighted by atomic mass is 35.5. The van der Waals surface area contributed by atoms with Crippen molar-refractivity contribution in [3.8, 4) is 23.1 Å². The van der Waals surface area contributed by atoms with Gasteiger partial charge in [-0.2, -0.15) is 0 Å². The third-order valence-electron chi connectivity index (χ3n) is 29.4. The zero-order valence-corrected chi connectivity index (χ0v) is 61.6. The van der Waals surface area contributed by atoms with Crippen molar-refractivity contribution in [3.63, 3.8) is 0 Å². The molecule has 13 fully saturated rings. The molecule has 0 saturated heterocycles. The van der Waals surface area contributed by atoms with E-state index < -0.39 is 23.2 Å². The summed E-state index contributed by atoms with van der Waals surface area (Å²) in [5.74, 6) is 20.9. The van der Waals surface area contributed by atoms with Gasteiger partial charge in [0, 0.05) is 47.6 Å². The highest BCUT2D eigenvalue weighted by molar-refractivity contribution is 6.30. The molecule has 18 heteroatoms. The van der Waals surface area contributed by atoms with Gasteiger partial charge in [-0.25, -0.2) is 22.8 Å². The van der Waals surface area contributed by atoms with Gasteiger partial charge in [-0.15, -0.1) is 15.3 Å². The van der Waals surface area contributed by atoms with E-state index in [1.807, 2.05) is 41.5 Å². The number of carbonyl (C=O) groups is 3. The van der Waals surface area contributed by atoms with Crippen LogP contribution in [0.1, 0.15) is 256 Å². The summed E-state index contributed by atoms with van der Waals surface area (Å²) in [6, 6.07) is 0. The van der Waals surface area contributed by atoms with E-state index >= 15 is 0 Å². The summed E-state index contributed by atoms with van der Waals surface area (Å²) in [7, 11) is 0. The number of rotatable bonds is 10. The summed E-state index contributed by atoms with van der Waals surface area (Å²) in [6.07, 6.45) is 37.2. The lowest BCUT2D eigenvalue weighted by atomic mass is 9.49. The van der Waals surface area contributed by atoms with Gasteiger partial charge in [0.15, 0.2) is 17.3 Å². The van der Waals surface area contributed by atoms with E-state index in [9.17, 15) is 38.5 Å². The van der Waals surface area contributed by atoms with Crippen molar-refractivity contribution in [2.24, 2.45) is 129 Å². The quantitative estimate of drug-likeness (QED) is 0.162. The largest absolute Gasteiger partial charge is 0.384 e. The molecular formula is C81H124ClF2N9O6. The van der Waals surface area contributed by atoms with Crippen molar-refractivity contribution >= 4 is 29.0 Å². The first kappa shape index (κ1) is 77.2. The lowest BCUT2D eigenvalue weighted by Crippen LogP contribution is -2.53. The van der Waals surface area contributed by atoms with Gasteiger partial charge in [-0.05, 0) is 303 Å². The van der Waals surface area contributed by atoms with Crippen LogP contribution < -0.4 is 0 Å². The van der Waals surface area contributed by atoms with Crippen LogP contribution in [0.5, 0.6) is 0 Å². The molecular weight excluding hydrogens is 1270 g/mol. The number of nitrogens with zero attached hydrogens (tertiary/aromatic N) is 9. The zero-order valence-electron chi connectivity index (χ0n) is 60.9. The molecule has 99 heavy (non-hydrogen) atoms. The standard InChI is InChI=1S/C27H37N3O2.C24H32ClN3O2.C23H33F2N3O2.3C2H6.CH4/c1-26-11-9-21-20-10-13-27(32,12-8-18-2-3-18)16-19(20)4-5-22(21)23(26)6-7-24(26)25(31)17-30-15-14-28-29-30;1-23-8-6-18-17-7-9-24(30,10-11-25)14-16(17)2-3-19(18)20(23)4-5-21(23)22(29)15-28-13-12-26-27-28;1-22-8-6-16-15-7-9-23(30,21(24)25)12-14(15)2-3-17(16)18(22)4-5-19(22)20(29)13-28-11-10-26-27-28;3*1-2;/h14-15,18-24,32H,2-7,9-11,13,16-17H2,1H3;12-13,16-21,30H,2-9,14-15H2,1H3;10-11,14-19,21,30H,2-9,12-13H2,1H3;3*1-2H3;1H4/t19-,20+,21?,22?,23?,24-,26+,27-;16-,17+,18?,19?,20?,21-,23+,24+;14-,15+,16?,17?,18?,19-,22+,23-;;;;/m111..../s1. The Balaban J connectivity index is 0.000000154. The second-order valence-electron chi connectivity index (χ2n) is 33.5. The van der Waals surface area contributed by atoms with Crippen LogP contribution in [0.25, 0.3) is 0 Å². The predicted molar refractivity (Wildman–Crippen MR) is 383 cm³/mol. The smallest absolute Gasteiger partial charge is 0.266 e. The van der Waals surface area contributed by atoms with Gasteiger partial charge in [-0.3, -0.25) is 14.4 Å². The first-order chi connectivity index (χ1) is 47.2. The topological polar surface area (TPSA) is 204 Å². The normalized spacial score (nSPS) is 42.2. The molecule has 0 spiro atoms. The highest BCUT2D eigenvalue weighted by Crippen LogP contribution is 2.68. The van der Waals surface area contributed by atoms with Crippen LogP contribution in [-0.4, -0.2) is 101 Å². The zero-order chi connectivity index (χ0) is 70.0. The average Bonchev–Trinajstić information content (AvgIpc) is 1.67. The Hall–Kier alpha value is -4.42. The summed E-state index contributed by atoms with van der Waals surface area (Å²) >= 11 is 5.61. The molecule has 3 aromatic heterocycles. The number of hydrogen-bond donors (Lipinski definition) is 3. The molecule has 24 atom stereocenters. The monoisotopic (exact) mass is 1390 g/mol. The fourth-order valence-electron chi connectivity index (χ4n) is 25.0. The van der Waals surface area contributed by atoms with Crippen LogP contribution >= 0.6 is 11.6 Å². The Morgan fingerprint density at radius 2 is 0.778 bits per heavy atom. The number of fused-ring (bicyclic) bond motifs is 15. The molecule has 0 bridgehead atoms. The van der Waals surface area contributed by atoms with Crippen molar-refractivity contribution in [1.82, 2.24) is 45.0 Å². The molecule has 0 aliphatic heterocycles. The number of halogens is 3. The van der Waals surface area contributed by atoms with Crippen molar-refractivity contribution < 1.29 is 38.5 Å². The van der Waals surface area contributed by atoms with Crippen LogP contribution in [0.4, 0.5) is 8.78 Å². The molecule has 15 nitrogen and oxygen atoms in total. The predicted octanol–water partition coefficient (Wildman–Crippen LogP) is 16.1. The number of ketones is 3. The van der Waals surface area contributed by atoms with E-state index in [4.69, 9.17) is 11.6 Å². The van der Waals surface area contributed by atoms with E-state index in [1.54, 1.807) is 51.2 Å². The lowest BCUT2D eigenvalue weighted by molar-refractivity contribution is -0.160. The second-order valence-corrected chi connectivity index (χ2v) is 33.7. The van der Waals surface area contributed by atoms with Gasteiger partial charge in [0.25, 0.3) is 6.43 Å². The minimum absolute atomic E-state index is 0. The third kappa shape index (κ3) is 15.6. The van der Waals surface area contributed by atoms with E-state index in [0.717, 1.165) is 132 Å². The van der Waals surface area contributed by atoms with E-state index in [2.05, 4.69) is 74.8 Å². The molecule has 550 valence electrons. The van der Waals surface area contributed by atoms with Crippen LogP contribution in [0.3, 0.4) is 0 Å². The Bertz CT molecular complexity index is 3260. The first-order valence-electron chi connectivity index (χ1n) is 39.4. The van der Waals surface area contributed by atoms with E-state index in [-0.39, 0.29) is 66.0 Å². The van der Waals surface area contributed by atoms with Gasteiger partial charge in [0.2, 0.25) is 0 Å². The molecule has 3 heterocycles. The molecule has 16 rings (SSSR count). The maximum absolute atomic E-state index is 13.4. The molecule has 3 aromatic rings. The fourth-order valence-corrected chi connectivity index (χ4v) is 25.2. The molecule has 0 amide bonds. The van der Waals surface area contributed by atoms with E-state index in [1.165, 1.54) is 70.6 Å². The summed E-state index contributed by atoms with van der Waals surface area (Å²) in [5.41, 5.74) is -3.06. The van der Waals surface area contributed by atoms with Crippen LogP contribution in [0.2, 0.25) is 0 Å². The van der Waals surface area contributed by atoms with Crippen LogP contribution in [-0.2, 0) is 34.0 Å². The molecule has 0 radical (unpaired) electrons. The molecule has 9 unspecified atom stereocenters. The highest BCUT2D eigenvalue weighted by Gasteiger charge is 2.63. The van der Waals surface area contributed by atoms with Crippen LogP contribution in [0.15, 0.2) is 37.2 Å². The summed E-state index contributed by atoms with van der Waals surface area (Å²) in [4.78, 5) is 39.5. The van der Waals surface area contributed by atoms with Crippen molar-refractivity contribution in [2.75, 3.05) is 0 Å². The number of carbonyl (C=O) groups excluding carboxylic acids is 3. The number of aliphatic hydroxyl groups is 3. The maximum atomic E-state index is 13.4. The molecule has 3 N–H and O–H groups in total. The summed E-state index contributed by atoms with van der Waals surface area (Å²) < 4.78 is 31.8. The van der Waals surface area contributed by atoms with Gasteiger partial charge >= 0.3 is 0 Å². The Labute approximate surface area is 597 Å².